The van der Waals surface area contributed by atoms with E-state index >= 15 is 0 Å². The lowest BCUT2D eigenvalue weighted by molar-refractivity contribution is 0.244. The molecule has 2 aromatic rings. The molecule has 1 N–H and O–H groups in total. The molecule has 2 rings (SSSR count). The van der Waals surface area contributed by atoms with Crippen molar-refractivity contribution in [1.29, 1.82) is 0 Å². The highest BCUT2D eigenvalue weighted by Gasteiger charge is 2.15. The number of thiophene rings is 1. The number of nitrogens with one attached hydrogen (secondary N) is 1. The quantitative estimate of drug-likeness (QED) is 0.820. The molecule has 1 atom stereocenters. The standard InChI is InChI=1S/C17H26N2S/c1-5-13(3)19(4)12-15-14-9-7-8-10-16(14)20-17(15)11-18-6-2/h7-10,13,18H,5-6,11-12H2,1-4H3. The van der Waals surface area contributed by atoms with Crippen molar-refractivity contribution in [2.24, 2.45) is 0 Å². The highest BCUT2D eigenvalue weighted by atomic mass is 32.1. The van der Waals surface area contributed by atoms with Gasteiger partial charge in [-0.05, 0) is 44.0 Å². The maximum absolute atomic E-state index is 3.47. The van der Waals surface area contributed by atoms with Crippen LogP contribution in [0.5, 0.6) is 0 Å². The van der Waals surface area contributed by atoms with E-state index in [2.05, 4.69) is 62.3 Å². The van der Waals surface area contributed by atoms with Gasteiger partial charge >= 0.3 is 0 Å². The number of fused-ring (bicyclic) bond motifs is 1. The largest absolute Gasteiger partial charge is 0.312 e. The van der Waals surface area contributed by atoms with Gasteiger partial charge in [-0.15, -0.1) is 11.3 Å². The molecule has 2 nitrogen and oxygen atoms in total. The average Bonchev–Trinajstić information content (AvgIpc) is 2.82. The van der Waals surface area contributed by atoms with Crippen LogP contribution in [-0.2, 0) is 13.1 Å². The summed E-state index contributed by atoms with van der Waals surface area (Å²) in [7, 11) is 2.23. The second-order valence-corrected chi connectivity index (χ2v) is 6.59. The van der Waals surface area contributed by atoms with Crippen LogP contribution in [-0.4, -0.2) is 24.5 Å². The summed E-state index contributed by atoms with van der Waals surface area (Å²) in [6.07, 6.45) is 1.20. The highest BCUT2D eigenvalue weighted by molar-refractivity contribution is 7.19. The maximum atomic E-state index is 3.47. The van der Waals surface area contributed by atoms with Gasteiger partial charge in [-0.3, -0.25) is 4.90 Å². The average molecular weight is 290 g/mol. The molecule has 1 aromatic carbocycles. The molecule has 0 aliphatic rings. The monoisotopic (exact) mass is 290 g/mol. The number of rotatable bonds is 7. The van der Waals surface area contributed by atoms with Crippen molar-refractivity contribution in [3.05, 3.63) is 34.7 Å². The van der Waals surface area contributed by atoms with Crippen molar-refractivity contribution in [2.45, 2.75) is 46.3 Å². The summed E-state index contributed by atoms with van der Waals surface area (Å²) in [6.45, 7) is 9.78. The van der Waals surface area contributed by atoms with Crippen LogP contribution in [0.1, 0.15) is 37.6 Å². The summed E-state index contributed by atoms with van der Waals surface area (Å²) in [5.41, 5.74) is 1.51. The molecule has 20 heavy (non-hydrogen) atoms. The Balaban J connectivity index is 2.32. The van der Waals surface area contributed by atoms with Gasteiger partial charge in [0, 0.05) is 28.7 Å². The van der Waals surface area contributed by atoms with Gasteiger partial charge in [0.25, 0.3) is 0 Å². The second kappa shape index (κ2) is 7.21. The first-order valence-corrected chi connectivity index (χ1v) is 8.39. The van der Waals surface area contributed by atoms with E-state index in [1.54, 1.807) is 0 Å². The van der Waals surface area contributed by atoms with E-state index < -0.39 is 0 Å². The fourth-order valence-corrected chi connectivity index (χ4v) is 3.61. The SMILES string of the molecule is CCNCc1sc2ccccc2c1CN(C)C(C)CC. The van der Waals surface area contributed by atoms with Crippen molar-refractivity contribution >= 4 is 21.4 Å². The predicted molar refractivity (Wildman–Crippen MR) is 90.4 cm³/mol. The zero-order chi connectivity index (χ0) is 14.5. The Labute approximate surface area is 126 Å². The molecular weight excluding hydrogens is 264 g/mol. The van der Waals surface area contributed by atoms with E-state index in [0.29, 0.717) is 6.04 Å². The summed E-state index contributed by atoms with van der Waals surface area (Å²) < 4.78 is 1.41. The molecule has 1 unspecified atom stereocenters. The van der Waals surface area contributed by atoms with Crippen LogP contribution in [0, 0.1) is 0 Å². The fraction of sp³-hybridized carbons (Fsp3) is 0.529. The third-order valence-electron chi connectivity index (χ3n) is 4.07. The molecule has 0 amide bonds. The van der Waals surface area contributed by atoms with Gasteiger partial charge in [0.15, 0.2) is 0 Å². The number of benzene rings is 1. The van der Waals surface area contributed by atoms with Crippen LogP contribution in [0.15, 0.2) is 24.3 Å². The van der Waals surface area contributed by atoms with Crippen molar-refractivity contribution in [3.8, 4) is 0 Å². The molecule has 0 saturated heterocycles. The third-order valence-corrected chi connectivity index (χ3v) is 5.28. The van der Waals surface area contributed by atoms with Crippen molar-refractivity contribution in [1.82, 2.24) is 10.2 Å². The molecule has 0 aliphatic carbocycles. The van der Waals surface area contributed by atoms with Gasteiger partial charge in [-0.1, -0.05) is 32.0 Å². The molecule has 1 aromatic heterocycles. The van der Waals surface area contributed by atoms with Crippen molar-refractivity contribution in [3.63, 3.8) is 0 Å². The van der Waals surface area contributed by atoms with Crippen molar-refractivity contribution < 1.29 is 0 Å². The Morgan fingerprint density at radius 3 is 2.70 bits per heavy atom. The van der Waals surface area contributed by atoms with Gasteiger partial charge in [0.2, 0.25) is 0 Å². The Morgan fingerprint density at radius 2 is 2.00 bits per heavy atom. The highest BCUT2D eigenvalue weighted by Crippen LogP contribution is 2.32. The first-order chi connectivity index (χ1) is 9.67. The Hall–Kier alpha value is -0.900. The number of nitrogens with zero attached hydrogens (tertiary/aromatic N) is 1. The van der Waals surface area contributed by atoms with Gasteiger partial charge in [0.05, 0.1) is 0 Å². The van der Waals surface area contributed by atoms with Crippen LogP contribution in [0.25, 0.3) is 10.1 Å². The van der Waals surface area contributed by atoms with Gasteiger partial charge in [0.1, 0.15) is 0 Å². The van der Waals surface area contributed by atoms with E-state index in [0.717, 1.165) is 19.6 Å². The molecule has 0 fully saturated rings. The van der Waals surface area contributed by atoms with Gasteiger partial charge in [-0.25, -0.2) is 0 Å². The zero-order valence-corrected chi connectivity index (χ0v) is 13.9. The number of hydrogen-bond acceptors (Lipinski definition) is 3. The molecule has 0 radical (unpaired) electrons. The summed E-state index contributed by atoms with van der Waals surface area (Å²) in [4.78, 5) is 3.95. The van der Waals surface area contributed by atoms with E-state index in [4.69, 9.17) is 0 Å². The normalized spacial score (nSPS) is 13.2. The molecule has 0 spiro atoms. The van der Waals surface area contributed by atoms with E-state index in [1.807, 2.05) is 11.3 Å². The summed E-state index contributed by atoms with van der Waals surface area (Å²) in [5.74, 6) is 0. The first kappa shape index (κ1) is 15.5. The molecule has 0 aliphatic heterocycles. The van der Waals surface area contributed by atoms with E-state index in [-0.39, 0.29) is 0 Å². The smallest absolute Gasteiger partial charge is 0.0349 e. The Kier molecular flexibility index (Phi) is 5.58. The lowest BCUT2D eigenvalue weighted by Crippen LogP contribution is -2.28. The van der Waals surface area contributed by atoms with Crippen LogP contribution in [0.2, 0.25) is 0 Å². The zero-order valence-electron chi connectivity index (χ0n) is 13.1. The van der Waals surface area contributed by atoms with E-state index in [9.17, 15) is 0 Å². The first-order valence-electron chi connectivity index (χ1n) is 7.57. The van der Waals surface area contributed by atoms with Crippen LogP contribution >= 0.6 is 11.3 Å². The maximum Gasteiger partial charge on any atom is 0.0349 e. The second-order valence-electron chi connectivity index (χ2n) is 5.45. The minimum absolute atomic E-state index is 0.626. The van der Waals surface area contributed by atoms with Gasteiger partial charge in [-0.2, -0.15) is 0 Å². The van der Waals surface area contributed by atoms with Crippen LogP contribution in [0.4, 0.5) is 0 Å². The Morgan fingerprint density at radius 1 is 1.25 bits per heavy atom. The summed E-state index contributed by atoms with van der Waals surface area (Å²) in [6, 6.07) is 9.42. The Bertz CT molecular complexity index is 547. The fourth-order valence-electron chi connectivity index (χ4n) is 2.42. The van der Waals surface area contributed by atoms with Crippen LogP contribution in [0.3, 0.4) is 0 Å². The summed E-state index contributed by atoms with van der Waals surface area (Å²) >= 11 is 1.94. The molecular formula is C17H26N2S. The minimum Gasteiger partial charge on any atom is -0.312 e. The van der Waals surface area contributed by atoms with Crippen molar-refractivity contribution in [2.75, 3.05) is 13.6 Å². The molecule has 0 saturated carbocycles. The molecule has 1 heterocycles. The minimum atomic E-state index is 0.626. The lowest BCUT2D eigenvalue weighted by Gasteiger charge is -2.24. The topological polar surface area (TPSA) is 15.3 Å². The van der Waals surface area contributed by atoms with Gasteiger partial charge < -0.3 is 5.32 Å². The molecule has 0 bridgehead atoms. The molecule has 3 heteroatoms. The number of hydrogen-bond donors (Lipinski definition) is 1. The molecule has 110 valence electrons. The lowest BCUT2D eigenvalue weighted by atomic mass is 10.1. The van der Waals surface area contributed by atoms with Crippen LogP contribution < -0.4 is 5.32 Å². The predicted octanol–water partition coefficient (Wildman–Crippen LogP) is 4.24. The third kappa shape index (κ3) is 3.40. The van der Waals surface area contributed by atoms with E-state index in [1.165, 1.54) is 26.9 Å². The summed E-state index contributed by atoms with van der Waals surface area (Å²) in [5, 5.41) is 4.91.